The van der Waals surface area contributed by atoms with Gasteiger partial charge >= 0.3 is 0 Å². The molecule has 2 aromatic heterocycles. The highest BCUT2D eigenvalue weighted by molar-refractivity contribution is 7.85. The number of quaternary nitrogens is 1. The van der Waals surface area contributed by atoms with Gasteiger partial charge in [-0.15, -0.1) is 0 Å². The Morgan fingerprint density at radius 2 is 1.91 bits per heavy atom. The number of ketones is 1. The van der Waals surface area contributed by atoms with E-state index in [0.717, 1.165) is 11.6 Å². The maximum absolute atomic E-state index is 15.3. The summed E-state index contributed by atoms with van der Waals surface area (Å²) in [5, 5.41) is 22.0. The predicted octanol–water partition coefficient (Wildman–Crippen LogP) is 3.62. The van der Waals surface area contributed by atoms with Crippen LogP contribution >= 0.6 is 0 Å². The fourth-order valence-electron chi connectivity index (χ4n) is 3.69. The van der Waals surface area contributed by atoms with Gasteiger partial charge in [0.2, 0.25) is 0 Å². The number of aromatic amines is 1. The molecule has 8 nitrogen and oxygen atoms in total. The first-order valence-corrected chi connectivity index (χ1v) is 12.5. The molecule has 10 heteroatoms. The van der Waals surface area contributed by atoms with Crippen LogP contribution in [0.25, 0.3) is 22.2 Å². The van der Waals surface area contributed by atoms with Crippen molar-refractivity contribution in [1.29, 1.82) is 5.26 Å². The first kappa shape index (κ1) is 24.2. The number of nitriles is 1. The molecule has 2 heterocycles. The maximum Gasteiger partial charge on any atom is 0.300 e. The van der Waals surface area contributed by atoms with Crippen molar-refractivity contribution in [1.82, 2.24) is 9.97 Å². The number of nitrogens with one attached hydrogen (secondary N) is 2. The third-order valence-electron chi connectivity index (χ3n) is 5.64. The minimum absolute atomic E-state index is 0.125. The maximum atomic E-state index is 15.3. The number of unbranched alkanes of at least 4 members (excludes halogenated alkanes) is 1. The SMILES string of the molecule is CCCCS(=O)(=O)[NH+]([O-])c1cccc(C(=O)c2c[nH]c3ncc(-c4ccc(C#N)cc4)cc23)c1F. The summed E-state index contributed by atoms with van der Waals surface area (Å²) in [5.74, 6) is -2.27. The van der Waals surface area contributed by atoms with Gasteiger partial charge in [0, 0.05) is 35.0 Å². The lowest BCUT2D eigenvalue weighted by Gasteiger charge is -2.21. The predicted molar refractivity (Wildman–Crippen MR) is 129 cm³/mol. The van der Waals surface area contributed by atoms with E-state index in [9.17, 15) is 18.4 Å². The number of aromatic nitrogens is 2. The summed E-state index contributed by atoms with van der Waals surface area (Å²) in [6.07, 6.45) is 3.84. The number of benzene rings is 2. The second-order valence-corrected chi connectivity index (χ2v) is 9.98. The van der Waals surface area contributed by atoms with Crippen molar-refractivity contribution < 1.29 is 22.1 Å². The number of halogens is 1. The summed E-state index contributed by atoms with van der Waals surface area (Å²) in [4.78, 5) is 20.5. The van der Waals surface area contributed by atoms with Crippen molar-refractivity contribution >= 4 is 32.5 Å². The first-order valence-electron chi connectivity index (χ1n) is 10.8. The molecule has 0 aliphatic carbocycles. The third kappa shape index (κ3) is 4.70. The van der Waals surface area contributed by atoms with E-state index in [0.29, 0.717) is 28.6 Å². The van der Waals surface area contributed by atoms with E-state index in [1.807, 2.05) is 6.07 Å². The average molecular weight is 493 g/mol. The Morgan fingerprint density at radius 3 is 2.60 bits per heavy atom. The molecule has 0 bridgehead atoms. The summed E-state index contributed by atoms with van der Waals surface area (Å²) < 4.78 is 38.6. The van der Waals surface area contributed by atoms with Crippen LogP contribution in [0.3, 0.4) is 0 Å². The normalized spacial score (nSPS) is 12.4. The Balaban J connectivity index is 1.73. The van der Waals surface area contributed by atoms with Gasteiger partial charge in [-0.05, 0) is 36.2 Å². The Hall–Kier alpha value is -3.91. The van der Waals surface area contributed by atoms with Crippen LogP contribution in [-0.2, 0) is 10.0 Å². The first-order chi connectivity index (χ1) is 16.8. The minimum Gasteiger partial charge on any atom is -0.613 e. The quantitative estimate of drug-likeness (QED) is 0.285. The molecule has 0 saturated heterocycles. The van der Waals surface area contributed by atoms with E-state index < -0.39 is 37.3 Å². The van der Waals surface area contributed by atoms with Gasteiger partial charge in [-0.3, -0.25) is 4.79 Å². The summed E-state index contributed by atoms with van der Waals surface area (Å²) in [7, 11) is -4.20. The van der Waals surface area contributed by atoms with Crippen molar-refractivity contribution in [2.24, 2.45) is 0 Å². The molecule has 2 N–H and O–H groups in total. The molecule has 0 aliphatic heterocycles. The largest absolute Gasteiger partial charge is 0.613 e. The molecule has 0 radical (unpaired) electrons. The summed E-state index contributed by atoms with van der Waals surface area (Å²) in [5.41, 5.74) is 1.42. The topological polar surface area (TPSA) is 131 Å². The van der Waals surface area contributed by atoms with Crippen LogP contribution in [0.1, 0.15) is 41.3 Å². The highest BCUT2D eigenvalue weighted by Gasteiger charge is 2.27. The molecular formula is C25H21FN4O4S. The van der Waals surface area contributed by atoms with E-state index in [1.54, 1.807) is 43.5 Å². The van der Waals surface area contributed by atoms with Crippen molar-refractivity contribution in [2.75, 3.05) is 5.75 Å². The van der Waals surface area contributed by atoms with Crippen LogP contribution in [0.4, 0.5) is 10.1 Å². The molecular weight excluding hydrogens is 471 g/mol. The van der Waals surface area contributed by atoms with E-state index in [1.165, 1.54) is 18.3 Å². The molecule has 0 saturated carbocycles. The number of carbonyl (C=O) groups is 1. The number of pyridine rings is 1. The highest BCUT2D eigenvalue weighted by atomic mass is 32.2. The van der Waals surface area contributed by atoms with Crippen molar-refractivity contribution in [3.8, 4) is 17.2 Å². The molecule has 2 aromatic carbocycles. The summed E-state index contributed by atoms with van der Waals surface area (Å²) in [6, 6.07) is 14.2. The Morgan fingerprint density at radius 1 is 1.17 bits per heavy atom. The zero-order valence-corrected chi connectivity index (χ0v) is 19.5. The number of hydrogen-bond acceptors (Lipinski definition) is 6. The molecule has 1 atom stereocenters. The molecule has 35 heavy (non-hydrogen) atoms. The van der Waals surface area contributed by atoms with Gasteiger partial charge in [0.05, 0.1) is 17.2 Å². The fraction of sp³-hybridized carbons (Fsp3) is 0.160. The highest BCUT2D eigenvalue weighted by Crippen LogP contribution is 2.27. The Labute approximate surface area is 201 Å². The molecule has 0 fully saturated rings. The van der Waals surface area contributed by atoms with E-state index in [-0.39, 0.29) is 17.7 Å². The number of sulfonamides is 1. The molecule has 4 rings (SSSR count). The van der Waals surface area contributed by atoms with Crippen LogP contribution in [0.15, 0.2) is 60.9 Å². The van der Waals surface area contributed by atoms with Gasteiger partial charge in [0.1, 0.15) is 11.4 Å². The van der Waals surface area contributed by atoms with E-state index in [4.69, 9.17) is 5.26 Å². The van der Waals surface area contributed by atoms with E-state index in [2.05, 4.69) is 9.97 Å². The monoisotopic (exact) mass is 492 g/mol. The van der Waals surface area contributed by atoms with Crippen LogP contribution in [-0.4, -0.2) is 29.9 Å². The fourth-order valence-corrected chi connectivity index (χ4v) is 5.04. The van der Waals surface area contributed by atoms with Crippen molar-refractivity contribution in [3.63, 3.8) is 0 Å². The third-order valence-corrected chi connectivity index (χ3v) is 7.25. The van der Waals surface area contributed by atoms with Crippen LogP contribution in [0.5, 0.6) is 0 Å². The molecule has 0 aliphatic rings. The second-order valence-electron chi connectivity index (χ2n) is 7.97. The number of H-pyrrole nitrogens is 1. The Kier molecular flexibility index (Phi) is 6.75. The van der Waals surface area contributed by atoms with Crippen LogP contribution in [0.2, 0.25) is 0 Å². The van der Waals surface area contributed by atoms with Gasteiger partial charge in [0.25, 0.3) is 10.0 Å². The zero-order chi connectivity index (χ0) is 25.2. The standard InChI is InChI=1S/C25H21FN4O4S/c1-2-3-11-35(33,34)30(32)22-6-4-5-19(23(22)26)24(31)21-15-29-25-20(21)12-18(14-28-25)17-9-7-16(13-27)8-10-17/h4-10,12,14-15,30H,2-3,11H2,1H3,(H,28,29). The lowest BCUT2D eigenvalue weighted by molar-refractivity contribution is -0.626. The van der Waals surface area contributed by atoms with Gasteiger partial charge in [-0.1, -0.05) is 31.5 Å². The van der Waals surface area contributed by atoms with Gasteiger partial charge < -0.3 is 10.2 Å². The number of nitrogens with zero attached hydrogens (tertiary/aromatic N) is 2. The van der Waals surface area contributed by atoms with Crippen LogP contribution < -0.4 is 4.47 Å². The number of fused-ring (bicyclic) bond motifs is 1. The van der Waals surface area contributed by atoms with Gasteiger partial charge in [-0.25, -0.2) is 9.45 Å². The number of hydrogen-bond donors (Lipinski definition) is 2. The smallest absolute Gasteiger partial charge is 0.300 e. The molecule has 4 aromatic rings. The second kappa shape index (κ2) is 9.76. The summed E-state index contributed by atoms with van der Waals surface area (Å²) in [6.45, 7) is 1.78. The molecule has 0 spiro atoms. The van der Waals surface area contributed by atoms with Crippen molar-refractivity contribution in [2.45, 2.75) is 19.8 Å². The summed E-state index contributed by atoms with van der Waals surface area (Å²) >= 11 is 0. The minimum atomic E-state index is -4.20. The molecule has 0 amide bonds. The van der Waals surface area contributed by atoms with Crippen molar-refractivity contribution in [3.05, 3.63) is 88.6 Å². The molecule has 1 unspecified atom stereocenters. The van der Waals surface area contributed by atoms with Crippen LogP contribution in [0, 0.1) is 22.4 Å². The zero-order valence-electron chi connectivity index (χ0n) is 18.7. The lowest BCUT2D eigenvalue weighted by atomic mass is 10.00. The van der Waals surface area contributed by atoms with Gasteiger partial charge in [0.15, 0.2) is 17.3 Å². The van der Waals surface area contributed by atoms with Gasteiger partial charge in [-0.2, -0.15) is 18.1 Å². The number of carbonyl (C=O) groups excluding carboxylic acids is 1. The van der Waals surface area contributed by atoms with E-state index >= 15 is 4.39 Å². The number of rotatable bonds is 8. The average Bonchev–Trinajstić information content (AvgIpc) is 3.30. The Bertz CT molecular complexity index is 1560. The molecule has 178 valence electrons. The lowest BCUT2D eigenvalue weighted by Crippen LogP contribution is -3.05.